The first-order chi connectivity index (χ1) is 26.3. The van der Waals surface area contributed by atoms with Crippen molar-refractivity contribution in [3.8, 4) is 22.6 Å². The van der Waals surface area contributed by atoms with Crippen LogP contribution in [0.3, 0.4) is 0 Å². The number of ether oxygens (including phenoxy) is 5. The van der Waals surface area contributed by atoms with Gasteiger partial charge in [-0.15, -0.1) is 0 Å². The van der Waals surface area contributed by atoms with Gasteiger partial charge in [0.1, 0.15) is 17.6 Å². The third-order valence-electron chi connectivity index (χ3n) is 8.92. The average Bonchev–Trinajstić information content (AvgIpc) is 3.20. The van der Waals surface area contributed by atoms with E-state index in [2.05, 4.69) is 13.2 Å². The Balaban J connectivity index is 1.06. The Hall–Kier alpha value is -5.44. The van der Waals surface area contributed by atoms with Gasteiger partial charge in [-0.2, -0.15) is 0 Å². The maximum atomic E-state index is 12.8. The van der Waals surface area contributed by atoms with Crippen molar-refractivity contribution >= 4 is 29.8 Å². The van der Waals surface area contributed by atoms with E-state index in [0.29, 0.717) is 31.8 Å². The van der Waals surface area contributed by atoms with Crippen LogP contribution in [0.25, 0.3) is 17.2 Å². The summed E-state index contributed by atoms with van der Waals surface area (Å²) in [6.07, 6.45) is 14.3. The van der Waals surface area contributed by atoms with Crippen LogP contribution in [0.4, 0.5) is 0 Å². The topological polar surface area (TPSA) is 114 Å². The number of allylic oxidation sites excluding steroid dienone is 1. The summed E-state index contributed by atoms with van der Waals surface area (Å²) in [5.41, 5.74) is 3.64. The summed E-state index contributed by atoms with van der Waals surface area (Å²) in [6.45, 7) is 8.80. The molecule has 4 rings (SSSR count). The van der Waals surface area contributed by atoms with Crippen molar-refractivity contribution in [3.05, 3.63) is 115 Å². The fraction of sp³-hybridized carbons (Fsp3) is 0.378. The molecule has 1 fully saturated rings. The van der Waals surface area contributed by atoms with Crippen molar-refractivity contribution in [2.45, 2.75) is 83.2 Å². The summed E-state index contributed by atoms with van der Waals surface area (Å²) < 4.78 is 27.3. The quantitative estimate of drug-likeness (QED) is 0.0309. The number of carbonyl (C=O) groups is 4. The Morgan fingerprint density at radius 3 is 1.81 bits per heavy atom. The highest BCUT2D eigenvalue weighted by Crippen LogP contribution is 2.24. The molecule has 0 aromatic heterocycles. The number of rotatable bonds is 23. The van der Waals surface area contributed by atoms with E-state index in [9.17, 15) is 19.2 Å². The summed E-state index contributed by atoms with van der Waals surface area (Å²) in [4.78, 5) is 48.1. The van der Waals surface area contributed by atoms with Crippen LogP contribution in [0.1, 0.15) is 93.0 Å². The van der Waals surface area contributed by atoms with E-state index < -0.39 is 17.9 Å². The van der Waals surface area contributed by atoms with Gasteiger partial charge in [0.2, 0.25) is 0 Å². The SMILES string of the molecule is C=CC(=O)OCCCCOc1ccc(-c2ccc(C(=O)/C=C/c3ccc(OCCCCCCOC(=O)C(=C)CC(=O)OC4CCCCC4)cc3)cc2)cc1. The van der Waals surface area contributed by atoms with Gasteiger partial charge in [-0.05, 0) is 111 Å². The minimum atomic E-state index is -0.544. The van der Waals surface area contributed by atoms with E-state index in [1.54, 1.807) is 12.2 Å². The maximum absolute atomic E-state index is 12.8. The summed E-state index contributed by atoms with van der Waals surface area (Å²) in [6, 6.07) is 22.9. The first-order valence-electron chi connectivity index (χ1n) is 18.9. The second kappa shape index (κ2) is 23.3. The zero-order chi connectivity index (χ0) is 38.4. The Morgan fingerprint density at radius 2 is 1.19 bits per heavy atom. The molecule has 0 saturated heterocycles. The Morgan fingerprint density at radius 1 is 0.648 bits per heavy atom. The van der Waals surface area contributed by atoms with E-state index in [1.165, 1.54) is 6.42 Å². The second-order valence-corrected chi connectivity index (χ2v) is 13.2. The molecule has 0 N–H and O–H groups in total. The Kier molecular flexibility index (Phi) is 17.8. The lowest BCUT2D eigenvalue weighted by Gasteiger charge is -2.21. The largest absolute Gasteiger partial charge is 0.494 e. The zero-order valence-electron chi connectivity index (χ0n) is 31.1. The monoisotopic (exact) mass is 736 g/mol. The number of hydrogen-bond donors (Lipinski definition) is 0. The van der Waals surface area contributed by atoms with Crippen LogP contribution in [0.2, 0.25) is 0 Å². The minimum absolute atomic E-state index is 0.0400. The molecule has 1 aliphatic carbocycles. The standard InChI is InChI=1S/C45H52O9/c1-3-43(47)52-31-12-11-30-51-40-26-22-37(23-27-40)36-18-20-38(21-19-36)42(46)28-17-35-15-24-39(25-16-35)50-29-9-4-5-10-32-53-45(49)34(2)33-44(48)54-41-13-7-6-8-14-41/h3,15-28,41H,1-2,4-14,29-33H2/b28-17+. The van der Waals surface area contributed by atoms with Gasteiger partial charge in [0.25, 0.3) is 0 Å². The number of unbranched alkanes of at least 4 members (excludes halogenated alkanes) is 4. The highest BCUT2D eigenvalue weighted by molar-refractivity contribution is 6.07. The van der Waals surface area contributed by atoms with Gasteiger partial charge in [-0.3, -0.25) is 9.59 Å². The van der Waals surface area contributed by atoms with Gasteiger partial charge in [-0.1, -0.05) is 74.2 Å². The zero-order valence-corrected chi connectivity index (χ0v) is 31.1. The van der Waals surface area contributed by atoms with Gasteiger partial charge in [0.15, 0.2) is 5.78 Å². The van der Waals surface area contributed by atoms with E-state index in [0.717, 1.165) is 92.1 Å². The average molecular weight is 737 g/mol. The van der Waals surface area contributed by atoms with E-state index in [4.69, 9.17) is 23.7 Å². The van der Waals surface area contributed by atoms with Crippen LogP contribution in [0.15, 0.2) is 104 Å². The molecule has 286 valence electrons. The smallest absolute Gasteiger partial charge is 0.333 e. The molecule has 54 heavy (non-hydrogen) atoms. The molecule has 9 heteroatoms. The van der Waals surface area contributed by atoms with Crippen LogP contribution in [-0.2, 0) is 28.6 Å². The molecule has 0 heterocycles. The molecule has 0 radical (unpaired) electrons. The molecule has 0 spiro atoms. The lowest BCUT2D eigenvalue weighted by molar-refractivity contribution is -0.151. The molecular formula is C45H52O9. The molecule has 3 aromatic rings. The molecule has 0 atom stereocenters. The molecule has 3 aromatic carbocycles. The van der Waals surface area contributed by atoms with Crippen molar-refractivity contribution in [1.29, 1.82) is 0 Å². The third kappa shape index (κ3) is 15.3. The predicted octanol–water partition coefficient (Wildman–Crippen LogP) is 9.44. The first kappa shape index (κ1) is 41.3. The molecule has 0 unspecified atom stereocenters. The molecule has 1 aliphatic rings. The summed E-state index contributed by atoms with van der Waals surface area (Å²) >= 11 is 0. The minimum Gasteiger partial charge on any atom is -0.494 e. The second-order valence-electron chi connectivity index (χ2n) is 13.2. The van der Waals surface area contributed by atoms with Crippen molar-refractivity contribution in [2.75, 3.05) is 26.4 Å². The Bertz CT molecular complexity index is 1680. The van der Waals surface area contributed by atoms with Crippen LogP contribution < -0.4 is 9.47 Å². The fourth-order valence-electron chi connectivity index (χ4n) is 5.81. The molecule has 1 saturated carbocycles. The van der Waals surface area contributed by atoms with Crippen LogP contribution in [0, 0.1) is 0 Å². The number of hydrogen-bond acceptors (Lipinski definition) is 9. The lowest BCUT2D eigenvalue weighted by atomic mass is 9.98. The third-order valence-corrected chi connectivity index (χ3v) is 8.92. The molecule has 0 bridgehead atoms. The molecule has 0 aliphatic heterocycles. The number of benzene rings is 3. The summed E-state index contributed by atoms with van der Waals surface area (Å²) in [5.74, 6) is 0.0655. The number of ketones is 1. The van der Waals surface area contributed by atoms with Gasteiger partial charge < -0.3 is 23.7 Å². The van der Waals surface area contributed by atoms with Gasteiger partial charge in [0.05, 0.1) is 32.8 Å². The summed E-state index contributed by atoms with van der Waals surface area (Å²) in [7, 11) is 0. The van der Waals surface area contributed by atoms with Gasteiger partial charge in [-0.25, -0.2) is 9.59 Å². The van der Waals surface area contributed by atoms with Gasteiger partial charge >= 0.3 is 17.9 Å². The van der Waals surface area contributed by atoms with E-state index in [1.807, 2.05) is 72.8 Å². The molecule has 9 nitrogen and oxygen atoms in total. The summed E-state index contributed by atoms with van der Waals surface area (Å²) in [5, 5.41) is 0. The van der Waals surface area contributed by atoms with E-state index >= 15 is 0 Å². The number of esters is 3. The highest BCUT2D eigenvalue weighted by atomic mass is 16.5. The normalized spacial score (nSPS) is 12.8. The van der Waals surface area contributed by atoms with Crippen LogP contribution in [-0.4, -0.2) is 56.2 Å². The van der Waals surface area contributed by atoms with Crippen LogP contribution >= 0.6 is 0 Å². The molecule has 0 amide bonds. The highest BCUT2D eigenvalue weighted by Gasteiger charge is 2.20. The fourth-order valence-corrected chi connectivity index (χ4v) is 5.81. The van der Waals surface area contributed by atoms with Crippen molar-refractivity contribution in [3.63, 3.8) is 0 Å². The first-order valence-corrected chi connectivity index (χ1v) is 18.9. The van der Waals surface area contributed by atoms with Crippen molar-refractivity contribution in [1.82, 2.24) is 0 Å². The van der Waals surface area contributed by atoms with E-state index in [-0.39, 0.29) is 30.5 Å². The van der Waals surface area contributed by atoms with Gasteiger partial charge in [0, 0.05) is 17.2 Å². The predicted molar refractivity (Wildman–Crippen MR) is 209 cm³/mol. The number of carbonyl (C=O) groups excluding carboxylic acids is 4. The lowest BCUT2D eigenvalue weighted by Crippen LogP contribution is -2.22. The van der Waals surface area contributed by atoms with Crippen LogP contribution in [0.5, 0.6) is 11.5 Å². The van der Waals surface area contributed by atoms with Crippen molar-refractivity contribution < 1.29 is 42.9 Å². The van der Waals surface area contributed by atoms with Crippen molar-refractivity contribution in [2.24, 2.45) is 0 Å². The maximum Gasteiger partial charge on any atom is 0.333 e. The molecular weight excluding hydrogens is 684 g/mol. The Labute approximate surface area is 319 Å².